The summed E-state index contributed by atoms with van der Waals surface area (Å²) in [6.07, 6.45) is 3.98. The second-order valence-corrected chi connectivity index (χ2v) is 8.77. The first-order chi connectivity index (χ1) is 16.2. The van der Waals surface area contributed by atoms with Gasteiger partial charge in [0, 0.05) is 30.9 Å². The molecule has 3 aromatic heterocycles. The number of benzene rings is 1. The number of hydrogen-bond donors (Lipinski definition) is 1. The van der Waals surface area contributed by atoms with Crippen LogP contribution in [0.5, 0.6) is 0 Å². The second kappa shape index (κ2) is 8.39. The number of pyridine rings is 1. The van der Waals surface area contributed by atoms with Crippen molar-refractivity contribution in [2.45, 2.75) is 32.5 Å². The van der Waals surface area contributed by atoms with Gasteiger partial charge in [-0.3, -0.25) is 9.38 Å². The van der Waals surface area contributed by atoms with Crippen molar-refractivity contribution in [1.82, 2.24) is 24.3 Å². The standard InChI is InChI=1S/C25H25F3N6/c1-15-18(5-4-6-20(15)25(26,27)28)16(2)31-23-19-13-21(17-7-10-33(3)11-8-17)30-14-22(19)34-12-9-29-24(34)32-23/h4-7,9,12-14,16H,8,10-11H2,1-3H3,(H,29,31,32)/t16-/m1/s1. The Hall–Kier alpha value is -3.46. The van der Waals surface area contributed by atoms with Crippen LogP contribution < -0.4 is 5.32 Å². The number of hydrogen-bond acceptors (Lipinski definition) is 5. The van der Waals surface area contributed by atoms with E-state index in [0.29, 0.717) is 17.2 Å². The zero-order valence-corrected chi connectivity index (χ0v) is 19.2. The molecule has 0 radical (unpaired) electrons. The van der Waals surface area contributed by atoms with Gasteiger partial charge in [-0.05, 0) is 56.1 Å². The van der Waals surface area contributed by atoms with Crippen molar-refractivity contribution in [3.05, 3.63) is 71.3 Å². The van der Waals surface area contributed by atoms with Crippen molar-refractivity contribution < 1.29 is 13.2 Å². The minimum atomic E-state index is -4.40. The number of likely N-dealkylation sites (N-methyl/N-ethyl adjacent to an activating group) is 1. The van der Waals surface area contributed by atoms with Crippen LogP contribution >= 0.6 is 0 Å². The van der Waals surface area contributed by atoms with Crippen LogP contribution in [-0.2, 0) is 6.18 Å². The molecule has 4 aromatic rings. The molecular weight excluding hydrogens is 441 g/mol. The molecule has 0 unspecified atom stereocenters. The molecule has 0 saturated carbocycles. The molecule has 0 bridgehead atoms. The summed E-state index contributed by atoms with van der Waals surface area (Å²) in [6, 6.07) is 5.88. The van der Waals surface area contributed by atoms with Gasteiger partial charge in [-0.25, -0.2) is 4.98 Å². The third kappa shape index (κ3) is 4.00. The van der Waals surface area contributed by atoms with E-state index >= 15 is 0 Å². The highest BCUT2D eigenvalue weighted by Crippen LogP contribution is 2.36. The second-order valence-electron chi connectivity index (χ2n) is 8.77. The summed E-state index contributed by atoms with van der Waals surface area (Å²) >= 11 is 0. The molecule has 1 aliphatic rings. The lowest BCUT2D eigenvalue weighted by Crippen LogP contribution is -2.23. The smallest absolute Gasteiger partial charge is 0.363 e. The largest absolute Gasteiger partial charge is 0.416 e. The summed E-state index contributed by atoms with van der Waals surface area (Å²) in [7, 11) is 2.08. The van der Waals surface area contributed by atoms with Crippen molar-refractivity contribution in [3.63, 3.8) is 0 Å². The van der Waals surface area contributed by atoms with Crippen molar-refractivity contribution >= 4 is 28.1 Å². The molecule has 0 saturated heterocycles. The maximum absolute atomic E-state index is 13.5. The molecule has 0 fully saturated rings. The highest BCUT2D eigenvalue weighted by atomic mass is 19.4. The van der Waals surface area contributed by atoms with Gasteiger partial charge < -0.3 is 10.2 Å². The van der Waals surface area contributed by atoms with Gasteiger partial charge in [0.25, 0.3) is 0 Å². The predicted molar refractivity (Wildman–Crippen MR) is 127 cm³/mol. The Morgan fingerprint density at radius 1 is 1.18 bits per heavy atom. The lowest BCUT2D eigenvalue weighted by Gasteiger charge is -2.23. The van der Waals surface area contributed by atoms with Crippen LogP contribution in [0.4, 0.5) is 19.0 Å². The van der Waals surface area contributed by atoms with Crippen LogP contribution in [0.2, 0.25) is 0 Å². The number of alkyl halides is 3. The molecule has 1 atom stereocenters. The summed E-state index contributed by atoms with van der Waals surface area (Å²) in [5.41, 5.74) is 3.04. The number of imidazole rings is 1. The summed E-state index contributed by atoms with van der Waals surface area (Å²) in [6.45, 7) is 5.17. The number of nitrogens with zero attached hydrogens (tertiary/aromatic N) is 5. The molecule has 176 valence electrons. The van der Waals surface area contributed by atoms with Crippen molar-refractivity contribution in [2.24, 2.45) is 0 Å². The third-order valence-corrected chi connectivity index (χ3v) is 6.47. The van der Waals surface area contributed by atoms with E-state index in [-0.39, 0.29) is 5.56 Å². The molecule has 0 aliphatic carbocycles. The normalized spacial score (nSPS) is 16.1. The van der Waals surface area contributed by atoms with Crippen molar-refractivity contribution in [2.75, 3.05) is 25.5 Å². The number of rotatable bonds is 4. The maximum atomic E-state index is 13.5. The Morgan fingerprint density at radius 2 is 2.00 bits per heavy atom. The Bertz CT molecular complexity index is 1410. The molecule has 4 heterocycles. The van der Waals surface area contributed by atoms with Gasteiger partial charge in [0.05, 0.1) is 29.0 Å². The average Bonchev–Trinajstić information content (AvgIpc) is 3.27. The van der Waals surface area contributed by atoms with Crippen LogP contribution in [-0.4, -0.2) is 44.4 Å². The molecule has 34 heavy (non-hydrogen) atoms. The van der Waals surface area contributed by atoms with Crippen LogP contribution in [0.25, 0.3) is 22.3 Å². The molecule has 1 aromatic carbocycles. The molecule has 5 rings (SSSR count). The molecule has 0 spiro atoms. The minimum Gasteiger partial charge on any atom is -0.363 e. The van der Waals surface area contributed by atoms with Crippen LogP contribution in [0.1, 0.15) is 41.8 Å². The van der Waals surface area contributed by atoms with E-state index in [1.807, 2.05) is 29.8 Å². The topological polar surface area (TPSA) is 58.4 Å². The fourth-order valence-electron chi connectivity index (χ4n) is 4.56. The lowest BCUT2D eigenvalue weighted by molar-refractivity contribution is -0.138. The van der Waals surface area contributed by atoms with E-state index in [1.54, 1.807) is 12.3 Å². The first kappa shape index (κ1) is 22.3. The Balaban J connectivity index is 1.59. The lowest BCUT2D eigenvalue weighted by atomic mass is 9.97. The van der Waals surface area contributed by atoms with Gasteiger partial charge in [-0.1, -0.05) is 18.2 Å². The number of fused-ring (bicyclic) bond motifs is 3. The first-order valence-corrected chi connectivity index (χ1v) is 11.2. The monoisotopic (exact) mass is 466 g/mol. The van der Waals surface area contributed by atoms with E-state index in [4.69, 9.17) is 9.97 Å². The average molecular weight is 467 g/mol. The summed E-state index contributed by atoms with van der Waals surface area (Å²) in [5, 5.41) is 4.19. The summed E-state index contributed by atoms with van der Waals surface area (Å²) < 4.78 is 42.2. The summed E-state index contributed by atoms with van der Waals surface area (Å²) in [5.74, 6) is 1.06. The fraction of sp³-hybridized carbons (Fsp3) is 0.320. The van der Waals surface area contributed by atoms with Gasteiger partial charge >= 0.3 is 6.18 Å². The number of nitrogens with one attached hydrogen (secondary N) is 1. The summed E-state index contributed by atoms with van der Waals surface area (Å²) in [4.78, 5) is 15.9. The maximum Gasteiger partial charge on any atom is 0.416 e. The van der Waals surface area contributed by atoms with E-state index < -0.39 is 17.8 Å². The molecule has 6 nitrogen and oxygen atoms in total. The van der Waals surface area contributed by atoms with E-state index in [0.717, 1.165) is 42.2 Å². The van der Waals surface area contributed by atoms with Crippen molar-refractivity contribution in [3.8, 4) is 0 Å². The predicted octanol–water partition coefficient (Wildman–Crippen LogP) is 5.50. The van der Waals surface area contributed by atoms with Gasteiger partial charge in [0.2, 0.25) is 5.78 Å². The van der Waals surface area contributed by atoms with Crippen molar-refractivity contribution in [1.29, 1.82) is 0 Å². The van der Waals surface area contributed by atoms with E-state index in [2.05, 4.69) is 28.3 Å². The van der Waals surface area contributed by atoms with E-state index in [1.165, 1.54) is 18.6 Å². The Morgan fingerprint density at radius 3 is 2.74 bits per heavy atom. The zero-order valence-electron chi connectivity index (χ0n) is 19.2. The molecule has 1 aliphatic heterocycles. The minimum absolute atomic E-state index is 0.208. The quantitative estimate of drug-likeness (QED) is 0.431. The third-order valence-electron chi connectivity index (χ3n) is 6.47. The molecular formula is C25H25F3N6. The van der Waals surface area contributed by atoms with E-state index in [9.17, 15) is 13.2 Å². The molecule has 9 heteroatoms. The van der Waals surface area contributed by atoms with Gasteiger partial charge in [-0.2, -0.15) is 18.2 Å². The number of aromatic nitrogens is 4. The van der Waals surface area contributed by atoms with Gasteiger partial charge in [-0.15, -0.1) is 0 Å². The number of halogens is 3. The SMILES string of the molecule is Cc1c([C@@H](C)Nc2nc3nccn3c3cnc(C4=CCN(C)CC4)cc23)cccc1C(F)(F)F. The van der Waals surface area contributed by atoms with Gasteiger partial charge in [0.1, 0.15) is 5.82 Å². The molecule has 0 amide bonds. The highest BCUT2D eigenvalue weighted by Gasteiger charge is 2.33. The Kier molecular flexibility index (Phi) is 5.51. The molecule has 1 N–H and O–H groups in total. The van der Waals surface area contributed by atoms with Crippen LogP contribution in [0.15, 0.2) is 48.9 Å². The first-order valence-electron chi connectivity index (χ1n) is 11.2. The van der Waals surface area contributed by atoms with Crippen LogP contribution in [0, 0.1) is 6.92 Å². The zero-order chi connectivity index (χ0) is 24.0. The fourth-order valence-corrected chi connectivity index (χ4v) is 4.56. The van der Waals surface area contributed by atoms with Gasteiger partial charge in [0.15, 0.2) is 0 Å². The highest BCUT2D eigenvalue weighted by molar-refractivity contribution is 5.92. The Labute approximate surface area is 195 Å². The van der Waals surface area contributed by atoms with Crippen LogP contribution in [0.3, 0.4) is 0 Å². The number of anilines is 1.